The molecule has 0 unspecified atom stereocenters. The minimum atomic E-state index is -0.567. The first-order valence-electron chi connectivity index (χ1n) is 7.01. The first kappa shape index (κ1) is 15.9. The number of hydrogen-bond acceptors (Lipinski definition) is 5. The lowest BCUT2D eigenvalue weighted by Gasteiger charge is -2.09. The molecule has 1 aliphatic heterocycles. The topological polar surface area (TPSA) is 65.1 Å². The Labute approximate surface area is 129 Å². The molecule has 22 heavy (non-hydrogen) atoms. The predicted octanol–water partition coefficient (Wildman–Crippen LogP) is 1.49. The molecule has 1 aliphatic rings. The predicted molar refractivity (Wildman–Crippen MR) is 80.7 cm³/mol. The van der Waals surface area contributed by atoms with Gasteiger partial charge in [0.1, 0.15) is 0 Å². The maximum absolute atomic E-state index is 11.6. The number of esters is 1. The van der Waals surface area contributed by atoms with Crippen LogP contribution in [0.25, 0.3) is 6.08 Å². The van der Waals surface area contributed by atoms with E-state index in [1.165, 1.54) is 11.0 Å². The fraction of sp³-hybridized carbons (Fsp3) is 0.375. The average Bonchev–Trinajstić information content (AvgIpc) is 2.75. The van der Waals surface area contributed by atoms with Gasteiger partial charge >= 0.3 is 5.97 Å². The molecule has 2 rings (SSSR count). The van der Waals surface area contributed by atoms with Crippen LogP contribution >= 0.6 is 0 Å². The second kappa shape index (κ2) is 7.49. The fourth-order valence-corrected chi connectivity index (χ4v) is 1.76. The first-order chi connectivity index (χ1) is 10.6. The van der Waals surface area contributed by atoms with E-state index in [9.17, 15) is 9.59 Å². The van der Waals surface area contributed by atoms with Gasteiger partial charge in [-0.2, -0.15) is 0 Å². The number of amides is 1. The van der Waals surface area contributed by atoms with Gasteiger partial charge in [0.25, 0.3) is 5.91 Å². The zero-order chi connectivity index (χ0) is 15.9. The van der Waals surface area contributed by atoms with Crippen molar-refractivity contribution in [3.63, 3.8) is 0 Å². The van der Waals surface area contributed by atoms with Gasteiger partial charge in [-0.1, -0.05) is 6.07 Å². The summed E-state index contributed by atoms with van der Waals surface area (Å²) in [5.41, 5.74) is 0.792. The molecule has 0 saturated carbocycles. The summed E-state index contributed by atoms with van der Waals surface area (Å²) in [6.45, 7) is 0.973. The highest BCUT2D eigenvalue weighted by Gasteiger charge is 2.10. The van der Waals surface area contributed by atoms with Gasteiger partial charge in [0.15, 0.2) is 18.1 Å². The second-order valence-electron chi connectivity index (χ2n) is 4.99. The molecule has 0 bridgehead atoms. The molecule has 1 aromatic rings. The molecule has 0 radical (unpaired) electrons. The van der Waals surface area contributed by atoms with E-state index in [0.717, 1.165) is 12.0 Å². The number of rotatable bonds is 4. The van der Waals surface area contributed by atoms with E-state index in [4.69, 9.17) is 14.2 Å². The monoisotopic (exact) mass is 305 g/mol. The van der Waals surface area contributed by atoms with Crippen molar-refractivity contribution >= 4 is 18.0 Å². The maximum Gasteiger partial charge on any atom is 0.331 e. The Kier molecular flexibility index (Phi) is 5.41. The van der Waals surface area contributed by atoms with Crippen LogP contribution in [0.3, 0.4) is 0 Å². The van der Waals surface area contributed by atoms with Gasteiger partial charge in [-0.25, -0.2) is 4.79 Å². The number of ether oxygens (including phenoxy) is 3. The number of benzene rings is 1. The summed E-state index contributed by atoms with van der Waals surface area (Å²) in [5.74, 6) is 0.532. The van der Waals surface area contributed by atoms with Gasteiger partial charge in [0.2, 0.25) is 0 Å². The lowest BCUT2D eigenvalue weighted by Crippen LogP contribution is -2.27. The van der Waals surface area contributed by atoms with E-state index < -0.39 is 5.97 Å². The van der Waals surface area contributed by atoms with Crippen molar-refractivity contribution in [3.8, 4) is 11.5 Å². The minimum Gasteiger partial charge on any atom is -0.490 e. The van der Waals surface area contributed by atoms with E-state index >= 15 is 0 Å². The van der Waals surface area contributed by atoms with Gasteiger partial charge in [-0.15, -0.1) is 0 Å². The summed E-state index contributed by atoms with van der Waals surface area (Å²) in [4.78, 5) is 24.2. The molecule has 0 spiro atoms. The van der Waals surface area contributed by atoms with Crippen molar-refractivity contribution in [1.82, 2.24) is 4.90 Å². The number of nitrogens with zero attached hydrogens (tertiary/aromatic N) is 1. The SMILES string of the molecule is CN(C)C(=O)COC(=O)/C=C/c1ccc2c(c1)OCCCO2. The molecule has 0 atom stereocenters. The van der Waals surface area contributed by atoms with Crippen LogP contribution in [0.4, 0.5) is 0 Å². The molecule has 0 saturated heterocycles. The Bertz CT molecular complexity index is 580. The Balaban J connectivity index is 1.94. The highest BCUT2D eigenvalue weighted by molar-refractivity contribution is 5.89. The van der Waals surface area contributed by atoms with Gasteiger partial charge in [-0.3, -0.25) is 4.79 Å². The van der Waals surface area contributed by atoms with Crippen LogP contribution in [0.5, 0.6) is 11.5 Å². The molecule has 0 fully saturated rings. The van der Waals surface area contributed by atoms with Crippen molar-refractivity contribution < 1.29 is 23.8 Å². The van der Waals surface area contributed by atoms with Gasteiger partial charge in [0, 0.05) is 26.6 Å². The summed E-state index contributed by atoms with van der Waals surface area (Å²) in [6.07, 6.45) is 3.73. The molecule has 0 aromatic heterocycles. The third kappa shape index (κ3) is 4.51. The van der Waals surface area contributed by atoms with Crippen LogP contribution in [0.2, 0.25) is 0 Å². The van der Waals surface area contributed by atoms with Crippen molar-refractivity contribution in [2.45, 2.75) is 6.42 Å². The van der Waals surface area contributed by atoms with E-state index in [1.807, 2.05) is 6.07 Å². The lowest BCUT2D eigenvalue weighted by molar-refractivity contribution is -0.146. The van der Waals surface area contributed by atoms with Crippen LogP contribution in [-0.4, -0.2) is 50.7 Å². The molecule has 6 nitrogen and oxygen atoms in total. The van der Waals surface area contributed by atoms with Crippen molar-refractivity contribution in [2.75, 3.05) is 33.9 Å². The van der Waals surface area contributed by atoms with Crippen LogP contribution in [-0.2, 0) is 14.3 Å². The number of fused-ring (bicyclic) bond motifs is 1. The van der Waals surface area contributed by atoms with E-state index in [0.29, 0.717) is 24.7 Å². The molecule has 0 N–H and O–H groups in total. The molecular weight excluding hydrogens is 286 g/mol. The number of likely N-dealkylation sites (N-methyl/N-ethyl adjacent to an activating group) is 1. The summed E-state index contributed by atoms with van der Waals surface area (Å²) >= 11 is 0. The summed E-state index contributed by atoms with van der Waals surface area (Å²) in [7, 11) is 3.20. The number of hydrogen-bond donors (Lipinski definition) is 0. The van der Waals surface area contributed by atoms with Crippen molar-refractivity contribution in [2.24, 2.45) is 0 Å². The molecule has 1 aromatic carbocycles. The highest BCUT2D eigenvalue weighted by Crippen LogP contribution is 2.30. The Hall–Kier alpha value is -2.50. The Morgan fingerprint density at radius 1 is 1.23 bits per heavy atom. The largest absolute Gasteiger partial charge is 0.490 e. The second-order valence-corrected chi connectivity index (χ2v) is 4.99. The van der Waals surface area contributed by atoms with Crippen LogP contribution in [0.15, 0.2) is 24.3 Å². The number of carbonyl (C=O) groups is 2. The third-order valence-electron chi connectivity index (χ3n) is 3.02. The van der Waals surface area contributed by atoms with Crippen LogP contribution in [0, 0.1) is 0 Å². The molecule has 1 amide bonds. The lowest BCUT2D eigenvalue weighted by atomic mass is 10.2. The van der Waals surface area contributed by atoms with Crippen LogP contribution < -0.4 is 9.47 Å². The van der Waals surface area contributed by atoms with Crippen molar-refractivity contribution in [3.05, 3.63) is 29.8 Å². The summed E-state index contributed by atoms with van der Waals surface area (Å²) in [6, 6.07) is 5.43. The smallest absolute Gasteiger partial charge is 0.331 e. The zero-order valence-electron chi connectivity index (χ0n) is 12.7. The van der Waals surface area contributed by atoms with Crippen LogP contribution in [0.1, 0.15) is 12.0 Å². The van der Waals surface area contributed by atoms with Gasteiger partial charge in [0.05, 0.1) is 13.2 Å². The van der Waals surface area contributed by atoms with Gasteiger partial charge < -0.3 is 19.1 Å². The fourth-order valence-electron chi connectivity index (χ4n) is 1.76. The minimum absolute atomic E-state index is 0.266. The Morgan fingerprint density at radius 3 is 2.68 bits per heavy atom. The molecule has 1 heterocycles. The number of carbonyl (C=O) groups excluding carboxylic acids is 2. The molecule has 6 heteroatoms. The van der Waals surface area contributed by atoms with Gasteiger partial charge in [-0.05, 0) is 23.8 Å². The average molecular weight is 305 g/mol. The highest BCUT2D eigenvalue weighted by atomic mass is 16.5. The third-order valence-corrected chi connectivity index (χ3v) is 3.02. The molecular formula is C16H19NO5. The molecule has 118 valence electrons. The summed E-state index contributed by atoms with van der Waals surface area (Å²) in [5, 5.41) is 0. The normalized spacial score (nSPS) is 13.5. The zero-order valence-corrected chi connectivity index (χ0v) is 12.7. The summed E-state index contributed by atoms with van der Waals surface area (Å²) < 4.78 is 16.0. The Morgan fingerprint density at radius 2 is 1.95 bits per heavy atom. The first-order valence-corrected chi connectivity index (χ1v) is 7.01. The quantitative estimate of drug-likeness (QED) is 0.623. The molecule has 0 aliphatic carbocycles. The standard InChI is InChI=1S/C16H19NO5/c1-17(2)15(18)11-22-16(19)7-5-12-4-6-13-14(10-12)21-9-3-8-20-13/h4-7,10H,3,8-9,11H2,1-2H3/b7-5+. The van der Waals surface area contributed by atoms with E-state index in [2.05, 4.69) is 0 Å². The maximum atomic E-state index is 11.6. The van der Waals surface area contributed by atoms with E-state index in [-0.39, 0.29) is 12.5 Å². The van der Waals surface area contributed by atoms with Crippen molar-refractivity contribution in [1.29, 1.82) is 0 Å². The van der Waals surface area contributed by atoms with E-state index in [1.54, 1.807) is 32.3 Å².